The Hall–Kier alpha value is -2.48. The predicted octanol–water partition coefficient (Wildman–Crippen LogP) is 2.38. The van der Waals surface area contributed by atoms with E-state index in [9.17, 15) is 4.79 Å². The number of rotatable bonds is 6. The molecule has 1 amide bonds. The van der Waals surface area contributed by atoms with Gasteiger partial charge >= 0.3 is 0 Å². The Balaban J connectivity index is 1.39. The molecule has 1 fully saturated rings. The summed E-state index contributed by atoms with van der Waals surface area (Å²) in [5, 5.41) is 6.23. The van der Waals surface area contributed by atoms with E-state index in [1.807, 2.05) is 35.1 Å². The van der Waals surface area contributed by atoms with Crippen LogP contribution < -0.4 is 0 Å². The average molecular weight is 370 g/mol. The molecule has 1 aliphatic heterocycles. The molecule has 0 aromatic carbocycles. The summed E-state index contributed by atoms with van der Waals surface area (Å²) in [7, 11) is 0. The maximum absolute atomic E-state index is 12.6. The highest BCUT2D eigenvalue weighted by molar-refractivity contribution is 7.07. The minimum Gasteiger partial charge on any atom is -0.342 e. The van der Waals surface area contributed by atoms with Crippen LogP contribution in [0.2, 0.25) is 0 Å². The molecule has 4 heterocycles. The zero-order valence-corrected chi connectivity index (χ0v) is 15.4. The van der Waals surface area contributed by atoms with Crippen molar-refractivity contribution >= 4 is 17.2 Å². The van der Waals surface area contributed by atoms with Crippen LogP contribution >= 0.6 is 11.3 Å². The number of thiazole rings is 1. The van der Waals surface area contributed by atoms with Gasteiger partial charge in [0.05, 0.1) is 17.7 Å². The van der Waals surface area contributed by atoms with Crippen molar-refractivity contribution in [2.75, 3.05) is 13.1 Å². The van der Waals surface area contributed by atoms with E-state index in [0.29, 0.717) is 13.0 Å². The first-order valence-corrected chi connectivity index (χ1v) is 9.87. The van der Waals surface area contributed by atoms with Gasteiger partial charge in [0.25, 0.3) is 0 Å². The molecule has 8 heteroatoms. The highest BCUT2D eigenvalue weighted by Gasteiger charge is 2.27. The van der Waals surface area contributed by atoms with Crippen LogP contribution in [0.1, 0.15) is 36.7 Å². The normalized spacial score (nSPS) is 17.5. The van der Waals surface area contributed by atoms with Gasteiger partial charge in [-0.05, 0) is 18.9 Å². The Morgan fingerprint density at radius 1 is 1.27 bits per heavy atom. The van der Waals surface area contributed by atoms with Gasteiger partial charge in [-0.1, -0.05) is 0 Å². The van der Waals surface area contributed by atoms with Crippen molar-refractivity contribution in [1.82, 2.24) is 29.2 Å². The second-order valence-corrected chi connectivity index (χ2v) is 7.31. The van der Waals surface area contributed by atoms with Crippen LogP contribution in [-0.4, -0.2) is 48.2 Å². The molecule has 7 nitrogen and oxygen atoms in total. The number of nitrogens with zero attached hydrogens (tertiary/aromatic N) is 6. The molecule has 0 bridgehead atoms. The fourth-order valence-electron chi connectivity index (χ4n) is 3.52. The molecule has 0 N–H and O–H groups in total. The molecular weight excluding hydrogens is 348 g/mol. The molecule has 0 radical (unpaired) electrons. The fourth-order valence-corrected chi connectivity index (χ4v) is 4.07. The molecule has 1 atom stereocenters. The van der Waals surface area contributed by atoms with Crippen LogP contribution in [0.5, 0.6) is 0 Å². The summed E-state index contributed by atoms with van der Waals surface area (Å²) in [5.41, 5.74) is 2.91. The van der Waals surface area contributed by atoms with Crippen molar-refractivity contribution in [1.29, 1.82) is 0 Å². The second-order valence-electron chi connectivity index (χ2n) is 6.59. The zero-order chi connectivity index (χ0) is 17.8. The Bertz CT molecular complexity index is 826. The van der Waals surface area contributed by atoms with Crippen LogP contribution in [-0.2, 0) is 17.9 Å². The number of hydrogen-bond donors (Lipinski definition) is 0. The van der Waals surface area contributed by atoms with Crippen molar-refractivity contribution < 1.29 is 4.79 Å². The number of hydrogen-bond acceptors (Lipinski definition) is 5. The molecule has 136 valence electrons. The first-order chi connectivity index (χ1) is 12.8. The Morgan fingerprint density at radius 3 is 3.04 bits per heavy atom. The summed E-state index contributed by atoms with van der Waals surface area (Å²) >= 11 is 1.61. The number of carbonyl (C=O) groups is 1. The molecule has 3 aromatic heterocycles. The van der Waals surface area contributed by atoms with Gasteiger partial charge in [0.1, 0.15) is 5.82 Å². The number of imidazole rings is 1. The van der Waals surface area contributed by atoms with E-state index in [1.54, 1.807) is 22.2 Å². The molecule has 26 heavy (non-hydrogen) atoms. The molecule has 3 aromatic rings. The van der Waals surface area contributed by atoms with Crippen LogP contribution in [0.4, 0.5) is 0 Å². The molecular formula is C18H22N6OS. The predicted molar refractivity (Wildman–Crippen MR) is 98.8 cm³/mol. The number of likely N-dealkylation sites (tertiary alicyclic amines) is 1. The first-order valence-electron chi connectivity index (χ1n) is 8.93. The van der Waals surface area contributed by atoms with Gasteiger partial charge in [-0.2, -0.15) is 5.10 Å². The summed E-state index contributed by atoms with van der Waals surface area (Å²) in [6.07, 6.45) is 10.1. The lowest BCUT2D eigenvalue weighted by Crippen LogP contribution is -2.40. The average Bonchev–Trinajstić information content (AvgIpc) is 3.43. The van der Waals surface area contributed by atoms with E-state index in [0.717, 1.165) is 44.0 Å². The van der Waals surface area contributed by atoms with Gasteiger partial charge in [-0.3, -0.25) is 9.48 Å². The van der Waals surface area contributed by atoms with E-state index in [1.165, 1.54) is 0 Å². The van der Waals surface area contributed by atoms with Gasteiger partial charge in [0, 0.05) is 62.1 Å². The molecule has 1 saturated heterocycles. The van der Waals surface area contributed by atoms with E-state index in [-0.39, 0.29) is 11.8 Å². The monoisotopic (exact) mass is 370 g/mol. The number of amides is 1. The highest BCUT2D eigenvalue weighted by Crippen LogP contribution is 2.26. The van der Waals surface area contributed by atoms with Crippen molar-refractivity contribution in [2.24, 2.45) is 0 Å². The second kappa shape index (κ2) is 7.82. The summed E-state index contributed by atoms with van der Waals surface area (Å²) in [6.45, 7) is 2.95. The van der Waals surface area contributed by atoms with Gasteiger partial charge in [0.15, 0.2) is 0 Å². The molecule has 1 unspecified atom stereocenters. The van der Waals surface area contributed by atoms with Crippen LogP contribution in [0, 0.1) is 0 Å². The van der Waals surface area contributed by atoms with Gasteiger partial charge in [0.2, 0.25) is 5.91 Å². The van der Waals surface area contributed by atoms with E-state index in [4.69, 9.17) is 0 Å². The van der Waals surface area contributed by atoms with Gasteiger partial charge < -0.3 is 9.47 Å². The summed E-state index contributed by atoms with van der Waals surface area (Å²) in [6, 6.07) is 1.88. The minimum absolute atomic E-state index is 0.197. The highest BCUT2D eigenvalue weighted by atomic mass is 32.1. The van der Waals surface area contributed by atoms with Crippen LogP contribution in [0.15, 0.2) is 41.7 Å². The lowest BCUT2D eigenvalue weighted by molar-refractivity contribution is -0.132. The minimum atomic E-state index is 0.197. The summed E-state index contributed by atoms with van der Waals surface area (Å²) < 4.78 is 3.97. The number of aryl methyl sites for hydroxylation is 1. The largest absolute Gasteiger partial charge is 0.342 e. The Morgan fingerprint density at radius 2 is 2.23 bits per heavy atom. The van der Waals surface area contributed by atoms with Gasteiger partial charge in [-0.15, -0.1) is 11.3 Å². The third-order valence-corrected chi connectivity index (χ3v) is 5.45. The van der Waals surface area contributed by atoms with Crippen molar-refractivity contribution in [3.05, 3.63) is 53.3 Å². The SMILES string of the molecule is O=C(CCn1cccn1)N1CCCC(c2nccn2Cc2cscn2)C1. The molecule has 4 rings (SSSR count). The number of aromatic nitrogens is 5. The first kappa shape index (κ1) is 17.0. The molecule has 0 saturated carbocycles. The van der Waals surface area contributed by atoms with Crippen molar-refractivity contribution in [3.8, 4) is 0 Å². The maximum Gasteiger partial charge on any atom is 0.224 e. The Labute approximate surface area is 156 Å². The topological polar surface area (TPSA) is 68.8 Å². The molecule has 0 aliphatic carbocycles. The number of piperidine rings is 1. The van der Waals surface area contributed by atoms with E-state index < -0.39 is 0 Å². The Kier molecular flexibility index (Phi) is 5.10. The molecule has 1 aliphatic rings. The third kappa shape index (κ3) is 3.85. The van der Waals surface area contributed by atoms with E-state index in [2.05, 4.69) is 25.0 Å². The maximum atomic E-state index is 12.6. The van der Waals surface area contributed by atoms with Gasteiger partial charge in [-0.25, -0.2) is 9.97 Å². The lowest BCUT2D eigenvalue weighted by atomic mass is 9.96. The summed E-state index contributed by atoms with van der Waals surface area (Å²) in [5.74, 6) is 1.54. The fraction of sp³-hybridized carbons (Fsp3) is 0.444. The third-order valence-electron chi connectivity index (χ3n) is 4.82. The summed E-state index contributed by atoms with van der Waals surface area (Å²) in [4.78, 5) is 23.5. The van der Waals surface area contributed by atoms with E-state index >= 15 is 0 Å². The number of carbonyl (C=O) groups excluding carboxylic acids is 1. The van der Waals surface area contributed by atoms with Crippen LogP contribution in [0.3, 0.4) is 0 Å². The smallest absolute Gasteiger partial charge is 0.224 e. The lowest BCUT2D eigenvalue weighted by Gasteiger charge is -2.32. The standard InChI is InChI=1S/C18H22N6OS/c25-17(4-9-24-8-2-5-21-24)22-7-1-3-15(11-22)18-19-6-10-23(18)12-16-13-26-14-20-16/h2,5-6,8,10,13-15H,1,3-4,7,9,11-12H2. The van der Waals surface area contributed by atoms with Crippen LogP contribution in [0.25, 0.3) is 0 Å². The van der Waals surface area contributed by atoms with Crippen molar-refractivity contribution in [2.45, 2.75) is 38.3 Å². The zero-order valence-electron chi connectivity index (χ0n) is 14.6. The molecule has 0 spiro atoms. The van der Waals surface area contributed by atoms with Crippen molar-refractivity contribution in [3.63, 3.8) is 0 Å². The quantitative estimate of drug-likeness (QED) is 0.668.